The minimum Gasteiger partial charge on any atom is -0.381 e. The molecule has 2 nitrogen and oxygen atoms in total. The van der Waals surface area contributed by atoms with E-state index in [0.29, 0.717) is 0 Å². The van der Waals surface area contributed by atoms with Gasteiger partial charge in [0.2, 0.25) is 0 Å². The third-order valence-electron chi connectivity index (χ3n) is 5.37. The van der Waals surface area contributed by atoms with E-state index in [0.717, 1.165) is 31.1 Å². The molecular weight excluding hydrogens is 246 g/mol. The predicted molar refractivity (Wildman–Crippen MR) is 86.1 cm³/mol. The van der Waals surface area contributed by atoms with Gasteiger partial charge < -0.3 is 4.74 Å². The molecule has 2 heterocycles. The fourth-order valence-electron chi connectivity index (χ4n) is 4.03. The Morgan fingerprint density at radius 3 is 2.20 bits per heavy atom. The van der Waals surface area contributed by atoms with Crippen molar-refractivity contribution in [3.63, 3.8) is 0 Å². The van der Waals surface area contributed by atoms with Gasteiger partial charge in [0, 0.05) is 25.7 Å². The Labute approximate surface area is 126 Å². The third-order valence-corrected chi connectivity index (χ3v) is 5.37. The lowest BCUT2D eigenvalue weighted by atomic mass is 9.92. The second-order valence-corrected chi connectivity index (χ2v) is 6.98. The van der Waals surface area contributed by atoms with Gasteiger partial charge in [-0.25, -0.2) is 0 Å². The molecule has 0 aliphatic carbocycles. The molecule has 0 aromatic heterocycles. The molecule has 2 saturated heterocycles. The molecule has 2 unspecified atom stereocenters. The van der Waals surface area contributed by atoms with Crippen LogP contribution in [0, 0.1) is 11.8 Å². The summed E-state index contributed by atoms with van der Waals surface area (Å²) < 4.78 is 5.68. The van der Waals surface area contributed by atoms with E-state index in [1.54, 1.807) is 0 Å². The van der Waals surface area contributed by atoms with Gasteiger partial charge in [0.05, 0.1) is 6.61 Å². The van der Waals surface area contributed by atoms with Gasteiger partial charge in [0.15, 0.2) is 0 Å². The van der Waals surface area contributed by atoms with E-state index in [2.05, 4.69) is 18.7 Å². The van der Waals surface area contributed by atoms with Crippen LogP contribution in [0.25, 0.3) is 0 Å². The van der Waals surface area contributed by atoms with Crippen LogP contribution in [-0.4, -0.2) is 37.2 Å². The predicted octanol–water partition coefficient (Wildman–Crippen LogP) is 4.48. The number of hydrogen-bond acceptors (Lipinski definition) is 2. The molecule has 0 amide bonds. The van der Waals surface area contributed by atoms with Gasteiger partial charge in [-0.3, -0.25) is 4.90 Å². The monoisotopic (exact) mass is 281 g/mol. The molecule has 20 heavy (non-hydrogen) atoms. The van der Waals surface area contributed by atoms with Crippen molar-refractivity contribution in [2.75, 3.05) is 26.3 Å². The Hall–Kier alpha value is -0.0800. The summed E-state index contributed by atoms with van der Waals surface area (Å²) in [5.74, 6) is 1.77. The van der Waals surface area contributed by atoms with Crippen LogP contribution in [-0.2, 0) is 4.74 Å². The zero-order valence-electron chi connectivity index (χ0n) is 13.8. The SMILES string of the molecule is CCCCCC(CCCCC)N1CC2CCOCC2C1. The fourth-order valence-corrected chi connectivity index (χ4v) is 4.03. The average molecular weight is 281 g/mol. The van der Waals surface area contributed by atoms with Crippen molar-refractivity contribution in [2.45, 2.75) is 77.7 Å². The molecule has 2 aliphatic rings. The van der Waals surface area contributed by atoms with E-state index in [1.165, 1.54) is 70.9 Å². The van der Waals surface area contributed by atoms with Crippen molar-refractivity contribution in [3.8, 4) is 0 Å². The quantitative estimate of drug-likeness (QED) is 0.578. The number of unbranched alkanes of at least 4 members (excludes halogenated alkanes) is 4. The van der Waals surface area contributed by atoms with Crippen LogP contribution in [0.1, 0.15) is 71.6 Å². The average Bonchev–Trinajstić information content (AvgIpc) is 2.89. The third kappa shape index (κ3) is 4.73. The summed E-state index contributed by atoms with van der Waals surface area (Å²) in [5, 5.41) is 0. The summed E-state index contributed by atoms with van der Waals surface area (Å²) in [6, 6.07) is 0.860. The summed E-state index contributed by atoms with van der Waals surface area (Å²) in [4.78, 5) is 2.83. The lowest BCUT2D eigenvalue weighted by Crippen LogP contribution is -2.34. The maximum Gasteiger partial charge on any atom is 0.0509 e. The van der Waals surface area contributed by atoms with E-state index in [1.807, 2.05) is 0 Å². The Morgan fingerprint density at radius 1 is 0.950 bits per heavy atom. The highest BCUT2D eigenvalue weighted by atomic mass is 16.5. The zero-order chi connectivity index (χ0) is 14.2. The molecule has 0 aromatic carbocycles. The van der Waals surface area contributed by atoms with Crippen molar-refractivity contribution in [1.82, 2.24) is 4.90 Å². The first kappa shape index (κ1) is 16.3. The van der Waals surface area contributed by atoms with Gasteiger partial charge in [-0.2, -0.15) is 0 Å². The second-order valence-electron chi connectivity index (χ2n) is 6.98. The molecule has 0 radical (unpaired) electrons. The molecule has 0 saturated carbocycles. The van der Waals surface area contributed by atoms with E-state index in [-0.39, 0.29) is 0 Å². The summed E-state index contributed by atoms with van der Waals surface area (Å²) in [6.07, 6.45) is 12.5. The topological polar surface area (TPSA) is 12.5 Å². The van der Waals surface area contributed by atoms with Gasteiger partial charge in [-0.05, 0) is 31.1 Å². The smallest absolute Gasteiger partial charge is 0.0509 e. The molecule has 2 heteroatoms. The number of fused-ring (bicyclic) bond motifs is 1. The Morgan fingerprint density at radius 2 is 1.60 bits per heavy atom. The molecule has 118 valence electrons. The second kappa shape index (κ2) is 9.04. The van der Waals surface area contributed by atoms with Gasteiger partial charge in [-0.1, -0.05) is 52.4 Å². The highest BCUT2D eigenvalue weighted by Gasteiger charge is 2.37. The van der Waals surface area contributed by atoms with Crippen molar-refractivity contribution in [3.05, 3.63) is 0 Å². The normalized spacial score (nSPS) is 27.1. The van der Waals surface area contributed by atoms with E-state index in [4.69, 9.17) is 4.74 Å². The highest BCUT2D eigenvalue weighted by Crippen LogP contribution is 2.33. The molecule has 2 atom stereocenters. The van der Waals surface area contributed by atoms with Crippen LogP contribution in [0.5, 0.6) is 0 Å². The molecule has 2 rings (SSSR count). The number of rotatable bonds is 9. The van der Waals surface area contributed by atoms with Gasteiger partial charge in [0.1, 0.15) is 0 Å². The lowest BCUT2D eigenvalue weighted by molar-refractivity contribution is 0.0369. The molecule has 2 aliphatic heterocycles. The molecule has 2 fully saturated rings. The number of hydrogen-bond donors (Lipinski definition) is 0. The van der Waals surface area contributed by atoms with Crippen molar-refractivity contribution >= 4 is 0 Å². The molecule has 0 N–H and O–H groups in total. The highest BCUT2D eigenvalue weighted by molar-refractivity contribution is 4.89. The van der Waals surface area contributed by atoms with Crippen molar-refractivity contribution in [1.29, 1.82) is 0 Å². The van der Waals surface area contributed by atoms with Gasteiger partial charge in [-0.15, -0.1) is 0 Å². The van der Waals surface area contributed by atoms with Crippen LogP contribution in [0.4, 0.5) is 0 Å². The number of nitrogens with zero attached hydrogens (tertiary/aromatic N) is 1. The van der Waals surface area contributed by atoms with E-state index >= 15 is 0 Å². The summed E-state index contributed by atoms with van der Waals surface area (Å²) >= 11 is 0. The van der Waals surface area contributed by atoms with Gasteiger partial charge in [0.25, 0.3) is 0 Å². The molecular formula is C18H35NO. The van der Waals surface area contributed by atoms with E-state index in [9.17, 15) is 0 Å². The van der Waals surface area contributed by atoms with Crippen LogP contribution >= 0.6 is 0 Å². The summed E-state index contributed by atoms with van der Waals surface area (Å²) in [7, 11) is 0. The summed E-state index contributed by atoms with van der Waals surface area (Å²) in [5.41, 5.74) is 0. The van der Waals surface area contributed by atoms with Crippen LogP contribution in [0.15, 0.2) is 0 Å². The van der Waals surface area contributed by atoms with Crippen LogP contribution < -0.4 is 0 Å². The molecule has 0 aromatic rings. The minimum absolute atomic E-state index is 0.837. The largest absolute Gasteiger partial charge is 0.381 e. The minimum atomic E-state index is 0.837. The fraction of sp³-hybridized carbons (Fsp3) is 1.00. The Kier molecular flexibility index (Phi) is 7.37. The summed E-state index contributed by atoms with van der Waals surface area (Å²) in [6.45, 7) is 9.33. The van der Waals surface area contributed by atoms with Crippen molar-refractivity contribution < 1.29 is 4.74 Å². The maximum atomic E-state index is 5.68. The van der Waals surface area contributed by atoms with Gasteiger partial charge >= 0.3 is 0 Å². The first-order chi connectivity index (χ1) is 9.85. The Bertz CT molecular complexity index is 232. The first-order valence-corrected chi connectivity index (χ1v) is 9.17. The molecule has 0 spiro atoms. The number of ether oxygens (including phenoxy) is 1. The first-order valence-electron chi connectivity index (χ1n) is 9.17. The van der Waals surface area contributed by atoms with Crippen LogP contribution in [0.2, 0.25) is 0 Å². The number of likely N-dealkylation sites (tertiary alicyclic amines) is 1. The van der Waals surface area contributed by atoms with Crippen LogP contribution in [0.3, 0.4) is 0 Å². The van der Waals surface area contributed by atoms with E-state index < -0.39 is 0 Å². The maximum absolute atomic E-state index is 5.68. The Balaban J connectivity index is 1.81. The van der Waals surface area contributed by atoms with Crippen molar-refractivity contribution in [2.24, 2.45) is 11.8 Å². The molecule has 0 bridgehead atoms. The standard InChI is InChI=1S/C18H35NO/c1-3-5-7-9-18(10-8-6-4-2)19-13-16-11-12-20-15-17(16)14-19/h16-18H,3-15H2,1-2H3. The zero-order valence-corrected chi connectivity index (χ0v) is 13.8. The lowest BCUT2D eigenvalue weighted by Gasteiger charge is -2.28.